The standard InChI is InChI=1S/C11H9F3O/c12-11(13,14)15-10-6-4-9(5-7-10)8-2-1-3-8/h2,4-7H,1,3H2. The molecule has 0 aliphatic heterocycles. The van der Waals surface area contributed by atoms with E-state index < -0.39 is 6.36 Å². The number of hydrogen-bond donors (Lipinski definition) is 0. The summed E-state index contributed by atoms with van der Waals surface area (Å²) in [4.78, 5) is 0. The van der Waals surface area contributed by atoms with Crippen LogP contribution in [0.3, 0.4) is 0 Å². The van der Waals surface area contributed by atoms with Crippen molar-refractivity contribution in [3.8, 4) is 5.75 Å². The van der Waals surface area contributed by atoms with Crippen LogP contribution in [0, 0.1) is 0 Å². The van der Waals surface area contributed by atoms with Crippen LogP contribution in [0.15, 0.2) is 30.3 Å². The zero-order chi connectivity index (χ0) is 10.9. The lowest BCUT2D eigenvalue weighted by molar-refractivity contribution is -0.274. The molecule has 1 nitrogen and oxygen atoms in total. The monoisotopic (exact) mass is 214 g/mol. The van der Waals surface area contributed by atoms with Crippen molar-refractivity contribution in [2.75, 3.05) is 0 Å². The van der Waals surface area contributed by atoms with Gasteiger partial charge in [0.15, 0.2) is 0 Å². The topological polar surface area (TPSA) is 9.23 Å². The molecule has 0 N–H and O–H groups in total. The quantitative estimate of drug-likeness (QED) is 0.728. The summed E-state index contributed by atoms with van der Waals surface area (Å²) in [5.41, 5.74) is 2.16. The van der Waals surface area contributed by atoms with Gasteiger partial charge in [0, 0.05) is 0 Å². The summed E-state index contributed by atoms with van der Waals surface area (Å²) in [6.07, 6.45) is -0.494. The Labute approximate surface area is 85.2 Å². The van der Waals surface area contributed by atoms with E-state index in [4.69, 9.17) is 0 Å². The highest BCUT2D eigenvalue weighted by Gasteiger charge is 2.30. The number of ether oxygens (including phenoxy) is 1. The minimum atomic E-state index is -4.61. The second kappa shape index (κ2) is 3.61. The highest BCUT2D eigenvalue weighted by molar-refractivity contribution is 5.70. The molecule has 0 heterocycles. The first-order chi connectivity index (χ1) is 7.04. The summed E-state index contributed by atoms with van der Waals surface area (Å²) in [6.45, 7) is 0. The lowest BCUT2D eigenvalue weighted by Gasteiger charge is -2.15. The number of alkyl halides is 3. The summed E-state index contributed by atoms with van der Waals surface area (Å²) < 4.78 is 39.3. The van der Waals surface area contributed by atoms with E-state index in [1.807, 2.05) is 0 Å². The molecule has 1 aromatic carbocycles. The van der Waals surface area contributed by atoms with Gasteiger partial charge in [0.2, 0.25) is 0 Å². The van der Waals surface area contributed by atoms with Crippen molar-refractivity contribution >= 4 is 5.57 Å². The molecule has 0 saturated heterocycles. The Morgan fingerprint density at radius 1 is 1.07 bits per heavy atom. The van der Waals surface area contributed by atoms with Gasteiger partial charge >= 0.3 is 6.36 Å². The summed E-state index contributed by atoms with van der Waals surface area (Å²) in [5, 5.41) is 0. The molecular weight excluding hydrogens is 205 g/mol. The Balaban J connectivity index is 2.10. The van der Waals surface area contributed by atoms with Crippen LogP contribution in [-0.2, 0) is 0 Å². The SMILES string of the molecule is FC(F)(F)Oc1ccc(C2=CCC2)cc1. The lowest BCUT2D eigenvalue weighted by Crippen LogP contribution is -2.17. The number of rotatable bonds is 2. The van der Waals surface area contributed by atoms with E-state index in [-0.39, 0.29) is 5.75 Å². The van der Waals surface area contributed by atoms with E-state index in [0.717, 1.165) is 18.4 Å². The van der Waals surface area contributed by atoms with Gasteiger partial charge in [-0.2, -0.15) is 0 Å². The molecule has 0 amide bonds. The predicted octanol–water partition coefficient (Wildman–Crippen LogP) is 3.76. The Bertz CT molecular complexity index is 376. The Kier molecular flexibility index (Phi) is 2.42. The van der Waals surface area contributed by atoms with E-state index in [0.29, 0.717) is 0 Å². The third-order valence-electron chi connectivity index (χ3n) is 2.26. The minimum Gasteiger partial charge on any atom is -0.406 e. The minimum absolute atomic E-state index is 0.175. The molecule has 80 valence electrons. The van der Waals surface area contributed by atoms with E-state index in [2.05, 4.69) is 10.8 Å². The first-order valence-electron chi connectivity index (χ1n) is 4.60. The van der Waals surface area contributed by atoms with Crippen molar-refractivity contribution in [2.24, 2.45) is 0 Å². The van der Waals surface area contributed by atoms with Crippen LogP contribution >= 0.6 is 0 Å². The molecule has 1 aliphatic carbocycles. The number of halogens is 3. The zero-order valence-electron chi connectivity index (χ0n) is 7.84. The summed E-state index contributed by atoms with van der Waals surface area (Å²) in [6, 6.07) is 5.96. The van der Waals surface area contributed by atoms with Gasteiger partial charge in [-0.15, -0.1) is 13.2 Å². The molecule has 2 rings (SSSR count). The summed E-state index contributed by atoms with van der Waals surface area (Å²) >= 11 is 0. The van der Waals surface area contributed by atoms with Crippen LogP contribution in [-0.4, -0.2) is 6.36 Å². The maximum absolute atomic E-state index is 11.8. The summed E-state index contributed by atoms with van der Waals surface area (Å²) in [5.74, 6) is -0.175. The zero-order valence-corrected chi connectivity index (χ0v) is 7.84. The maximum Gasteiger partial charge on any atom is 0.573 e. The fourth-order valence-corrected chi connectivity index (χ4v) is 1.42. The third kappa shape index (κ3) is 2.52. The van der Waals surface area contributed by atoms with Crippen molar-refractivity contribution in [3.05, 3.63) is 35.9 Å². The van der Waals surface area contributed by atoms with Crippen LogP contribution in [0.4, 0.5) is 13.2 Å². The second-order valence-electron chi connectivity index (χ2n) is 3.34. The molecule has 4 heteroatoms. The maximum atomic E-state index is 11.8. The van der Waals surface area contributed by atoms with Crippen LogP contribution in [0.2, 0.25) is 0 Å². The molecule has 0 fully saturated rings. The second-order valence-corrected chi connectivity index (χ2v) is 3.34. The van der Waals surface area contributed by atoms with Crippen LogP contribution in [0.5, 0.6) is 5.75 Å². The molecule has 1 aromatic rings. The van der Waals surface area contributed by atoms with Gasteiger partial charge in [0.25, 0.3) is 0 Å². The predicted molar refractivity (Wildman–Crippen MR) is 50.3 cm³/mol. The first kappa shape index (κ1) is 10.1. The van der Waals surface area contributed by atoms with Gasteiger partial charge in [-0.1, -0.05) is 18.2 Å². The highest BCUT2D eigenvalue weighted by Crippen LogP contribution is 2.30. The molecular formula is C11H9F3O. The third-order valence-corrected chi connectivity index (χ3v) is 2.26. The summed E-state index contributed by atoms with van der Waals surface area (Å²) in [7, 11) is 0. The normalized spacial score (nSPS) is 15.5. The molecule has 0 unspecified atom stereocenters. The molecule has 0 atom stereocenters. The highest BCUT2D eigenvalue weighted by atomic mass is 19.4. The number of allylic oxidation sites excluding steroid dienone is 2. The van der Waals surface area contributed by atoms with Gasteiger partial charge < -0.3 is 4.74 Å². The van der Waals surface area contributed by atoms with Gasteiger partial charge in [-0.3, -0.25) is 0 Å². The average Bonchev–Trinajstić information content (AvgIpc) is 2.02. The molecule has 1 aliphatic rings. The molecule has 0 radical (unpaired) electrons. The molecule has 0 saturated carbocycles. The number of benzene rings is 1. The fourth-order valence-electron chi connectivity index (χ4n) is 1.42. The van der Waals surface area contributed by atoms with E-state index in [1.54, 1.807) is 12.1 Å². The molecule has 0 spiro atoms. The molecule has 15 heavy (non-hydrogen) atoms. The van der Waals surface area contributed by atoms with E-state index in [1.165, 1.54) is 17.7 Å². The Morgan fingerprint density at radius 2 is 1.67 bits per heavy atom. The van der Waals surface area contributed by atoms with Crippen LogP contribution in [0.25, 0.3) is 5.57 Å². The largest absolute Gasteiger partial charge is 0.573 e. The molecule has 0 aromatic heterocycles. The van der Waals surface area contributed by atoms with Crippen molar-refractivity contribution < 1.29 is 17.9 Å². The van der Waals surface area contributed by atoms with Gasteiger partial charge in [0.05, 0.1) is 0 Å². The van der Waals surface area contributed by atoms with Crippen molar-refractivity contribution in [2.45, 2.75) is 19.2 Å². The van der Waals surface area contributed by atoms with Gasteiger partial charge in [0.1, 0.15) is 5.75 Å². The number of hydrogen-bond acceptors (Lipinski definition) is 1. The van der Waals surface area contributed by atoms with Gasteiger partial charge in [-0.05, 0) is 36.1 Å². The lowest BCUT2D eigenvalue weighted by atomic mass is 9.92. The smallest absolute Gasteiger partial charge is 0.406 e. The van der Waals surface area contributed by atoms with Crippen LogP contribution < -0.4 is 4.74 Å². The van der Waals surface area contributed by atoms with E-state index >= 15 is 0 Å². The van der Waals surface area contributed by atoms with Crippen molar-refractivity contribution in [1.82, 2.24) is 0 Å². The van der Waals surface area contributed by atoms with Crippen LogP contribution in [0.1, 0.15) is 18.4 Å². The fraction of sp³-hybridized carbons (Fsp3) is 0.273. The van der Waals surface area contributed by atoms with E-state index in [9.17, 15) is 13.2 Å². The van der Waals surface area contributed by atoms with Gasteiger partial charge in [-0.25, -0.2) is 0 Å². The average molecular weight is 214 g/mol. The van der Waals surface area contributed by atoms with Crippen molar-refractivity contribution in [3.63, 3.8) is 0 Å². The Morgan fingerprint density at radius 3 is 2.07 bits per heavy atom. The van der Waals surface area contributed by atoms with Crippen molar-refractivity contribution in [1.29, 1.82) is 0 Å². The molecule has 0 bridgehead atoms. The first-order valence-corrected chi connectivity index (χ1v) is 4.60. The Hall–Kier alpha value is -1.45.